The van der Waals surface area contributed by atoms with Gasteiger partial charge in [0.15, 0.2) is 0 Å². The van der Waals surface area contributed by atoms with Crippen LogP contribution in [0.4, 0.5) is 4.79 Å². The Hall–Kier alpha value is -1.32. The Kier molecular flexibility index (Phi) is 4.87. The zero-order valence-electron chi connectivity index (χ0n) is 7.93. The van der Waals surface area contributed by atoms with Gasteiger partial charge in [-0.25, -0.2) is 0 Å². The van der Waals surface area contributed by atoms with E-state index < -0.39 is 6.09 Å². The summed E-state index contributed by atoms with van der Waals surface area (Å²) in [7, 11) is 0. The number of amides is 1. The van der Waals surface area contributed by atoms with Crippen LogP contribution < -0.4 is 5.32 Å². The molecule has 15 heavy (non-hydrogen) atoms. The minimum absolute atomic E-state index is 0.0480. The molecule has 1 amide bonds. The monoisotopic (exact) mass is 272 g/mol. The van der Waals surface area contributed by atoms with Crippen LogP contribution in [-0.2, 0) is 16.1 Å². The second-order valence-electron chi connectivity index (χ2n) is 2.79. The van der Waals surface area contributed by atoms with Crippen molar-refractivity contribution in [1.82, 2.24) is 5.32 Å². The van der Waals surface area contributed by atoms with Gasteiger partial charge in [0.25, 0.3) is 0 Å². The predicted octanol–water partition coefficient (Wildman–Crippen LogP) is 0.608. The van der Waals surface area contributed by atoms with E-state index in [1.807, 2.05) is 30.3 Å². The fourth-order valence-electron chi connectivity index (χ4n) is 0.918. The molecule has 0 aliphatic rings. The summed E-state index contributed by atoms with van der Waals surface area (Å²) in [4.78, 5) is 21.5. The molecule has 0 aliphatic heterocycles. The average Bonchev–Trinajstić information content (AvgIpc) is 2.25. The molecule has 0 unspecified atom stereocenters. The van der Waals surface area contributed by atoms with E-state index in [2.05, 4.69) is 21.3 Å². The molecule has 1 aromatic carbocycles. The van der Waals surface area contributed by atoms with Crippen molar-refractivity contribution in [1.29, 1.82) is 0 Å². The van der Waals surface area contributed by atoms with Crippen LogP contribution in [0.1, 0.15) is 5.56 Å². The molecule has 0 aromatic heterocycles. The van der Waals surface area contributed by atoms with Gasteiger partial charge >= 0.3 is 95.5 Å². The third-order valence-corrected chi connectivity index (χ3v) is 1.89. The Balaban J connectivity index is 2.26. The molecule has 0 radical (unpaired) electrons. The number of carbonyl (C=O) groups excluding carboxylic acids is 2. The first-order chi connectivity index (χ1) is 7.18. The number of ether oxygens (including phenoxy) is 1. The van der Waals surface area contributed by atoms with Gasteiger partial charge in [-0.2, -0.15) is 0 Å². The number of benzene rings is 1. The van der Waals surface area contributed by atoms with Gasteiger partial charge in [0.2, 0.25) is 0 Å². The molecule has 1 aromatic rings. The summed E-state index contributed by atoms with van der Waals surface area (Å²) in [5.74, 6) is 0. The molecule has 4 nitrogen and oxygen atoms in total. The van der Waals surface area contributed by atoms with Crippen molar-refractivity contribution in [3.05, 3.63) is 35.9 Å². The van der Waals surface area contributed by atoms with E-state index in [-0.39, 0.29) is 17.8 Å². The first-order valence-corrected chi connectivity index (χ1v) is 5.18. The Bertz CT molecular complexity index is 340. The standard InChI is InChI=1S/C10H11NO3Se/c12-9(15)6-11-10(13)14-7-8-4-2-1-3-5-8/h1-5H,6-7H2,(H,11,13)(H,12,15)/p-1. The summed E-state index contributed by atoms with van der Waals surface area (Å²) < 4.78 is 4.63. The van der Waals surface area contributed by atoms with Gasteiger partial charge in [0.1, 0.15) is 0 Å². The van der Waals surface area contributed by atoms with Crippen LogP contribution in [0.15, 0.2) is 30.3 Å². The Morgan fingerprint density at radius 3 is 2.53 bits per heavy atom. The van der Waals surface area contributed by atoms with Gasteiger partial charge in [0, 0.05) is 0 Å². The Morgan fingerprint density at radius 2 is 1.93 bits per heavy atom. The summed E-state index contributed by atoms with van der Waals surface area (Å²) >= 11 is 2.26. The molecule has 0 bridgehead atoms. The fourth-order valence-corrected chi connectivity index (χ4v) is 1.07. The summed E-state index contributed by atoms with van der Waals surface area (Å²) in [6.45, 7) is 0.155. The molecule has 0 heterocycles. The topological polar surface area (TPSA) is 55.4 Å². The van der Waals surface area contributed by atoms with Gasteiger partial charge < -0.3 is 0 Å². The number of hydrogen-bond acceptors (Lipinski definition) is 3. The molecule has 0 saturated heterocycles. The molecular formula is C10H10NO3Se-. The Labute approximate surface area is 95.8 Å². The molecule has 5 heteroatoms. The number of alkyl carbamates (subject to hydrolysis) is 1. The normalized spacial score (nSPS) is 9.33. The van der Waals surface area contributed by atoms with E-state index in [1.165, 1.54) is 0 Å². The molecule has 80 valence electrons. The van der Waals surface area contributed by atoms with E-state index >= 15 is 0 Å². The maximum atomic E-state index is 11.0. The molecule has 1 rings (SSSR count). The fraction of sp³-hybridized carbons (Fsp3) is 0.200. The minimum atomic E-state index is -0.595. The summed E-state index contributed by atoms with van der Waals surface area (Å²) in [6, 6.07) is 9.31. The van der Waals surface area contributed by atoms with Crippen molar-refractivity contribution in [3.63, 3.8) is 0 Å². The third kappa shape index (κ3) is 5.20. The van der Waals surface area contributed by atoms with Crippen molar-refractivity contribution < 1.29 is 14.3 Å². The van der Waals surface area contributed by atoms with Gasteiger partial charge in [-0.3, -0.25) is 0 Å². The number of carbonyl (C=O) groups is 2. The number of rotatable bonds is 4. The SMILES string of the molecule is O=C([Se-])CNC(=O)OCc1ccccc1. The maximum absolute atomic E-state index is 11.0. The van der Waals surface area contributed by atoms with Crippen molar-refractivity contribution in [2.45, 2.75) is 6.61 Å². The first kappa shape index (κ1) is 11.8. The van der Waals surface area contributed by atoms with E-state index in [0.29, 0.717) is 0 Å². The van der Waals surface area contributed by atoms with Crippen LogP contribution in [0.3, 0.4) is 0 Å². The summed E-state index contributed by atoms with van der Waals surface area (Å²) in [5, 5.41) is 2.31. The Morgan fingerprint density at radius 1 is 1.27 bits per heavy atom. The summed E-state index contributed by atoms with van der Waals surface area (Å²) in [6.07, 6.45) is -0.595. The zero-order valence-corrected chi connectivity index (χ0v) is 9.65. The van der Waals surface area contributed by atoms with Crippen LogP contribution in [0.5, 0.6) is 0 Å². The van der Waals surface area contributed by atoms with Gasteiger partial charge in [-0.1, -0.05) is 0 Å². The van der Waals surface area contributed by atoms with Crippen LogP contribution in [0.2, 0.25) is 0 Å². The third-order valence-electron chi connectivity index (χ3n) is 1.59. The molecule has 0 fully saturated rings. The van der Waals surface area contributed by atoms with Gasteiger partial charge in [-0.15, -0.1) is 0 Å². The molecule has 1 N–H and O–H groups in total. The summed E-state index contributed by atoms with van der Waals surface area (Å²) in [5.41, 5.74) is 0.905. The zero-order chi connectivity index (χ0) is 11.1. The number of nitrogens with one attached hydrogen (secondary N) is 1. The molecule has 0 saturated carbocycles. The second kappa shape index (κ2) is 6.22. The average molecular weight is 271 g/mol. The van der Waals surface area contributed by atoms with Crippen molar-refractivity contribution in [3.8, 4) is 0 Å². The molecule has 0 aliphatic carbocycles. The quantitative estimate of drug-likeness (QED) is 0.816. The van der Waals surface area contributed by atoms with Crippen LogP contribution in [0, 0.1) is 0 Å². The van der Waals surface area contributed by atoms with Crippen LogP contribution >= 0.6 is 0 Å². The van der Waals surface area contributed by atoms with Crippen molar-refractivity contribution >= 4 is 26.8 Å². The van der Waals surface area contributed by atoms with Gasteiger partial charge in [-0.05, 0) is 0 Å². The van der Waals surface area contributed by atoms with Crippen molar-refractivity contribution in [2.75, 3.05) is 6.54 Å². The van der Waals surface area contributed by atoms with Crippen LogP contribution in [-0.4, -0.2) is 33.3 Å². The van der Waals surface area contributed by atoms with Gasteiger partial charge in [0.05, 0.1) is 0 Å². The van der Waals surface area contributed by atoms with Crippen LogP contribution in [0.25, 0.3) is 0 Å². The molecule has 0 atom stereocenters. The van der Waals surface area contributed by atoms with E-state index in [9.17, 15) is 9.59 Å². The molecule has 0 spiro atoms. The second-order valence-corrected chi connectivity index (χ2v) is 3.74. The first-order valence-electron chi connectivity index (χ1n) is 4.33. The predicted molar refractivity (Wildman–Crippen MR) is 55.4 cm³/mol. The van der Waals surface area contributed by atoms with Crippen molar-refractivity contribution in [2.24, 2.45) is 0 Å². The van der Waals surface area contributed by atoms with E-state index in [1.54, 1.807) is 0 Å². The van der Waals surface area contributed by atoms with E-state index in [0.717, 1.165) is 5.56 Å². The molecular weight excluding hydrogens is 261 g/mol. The van der Waals surface area contributed by atoms with E-state index in [4.69, 9.17) is 4.74 Å². The number of hydrogen-bond donors (Lipinski definition) is 1.